The number of primary sulfonamides is 1. The Labute approximate surface area is 214 Å². The van der Waals surface area contributed by atoms with Crippen molar-refractivity contribution < 1.29 is 17.9 Å². The molecule has 0 saturated heterocycles. The summed E-state index contributed by atoms with van der Waals surface area (Å²) in [5.41, 5.74) is 1.45. The summed E-state index contributed by atoms with van der Waals surface area (Å²) in [4.78, 5) is 16.9. The van der Waals surface area contributed by atoms with Crippen LogP contribution in [-0.2, 0) is 10.0 Å². The first-order valence-corrected chi connectivity index (χ1v) is 13.8. The van der Waals surface area contributed by atoms with E-state index in [-0.39, 0.29) is 22.1 Å². The van der Waals surface area contributed by atoms with Crippen LogP contribution in [0.1, 0.15) is 49.9 Å². The second-order valence-corrected chi connectivity index (χ2v) is 10.2. The van der Waals surface area contributed by atoms with Gasteiger partial charge in [-0.25, -0.2) is 13.6 Å². The molecule has 0 aliphatic heterocycles. The number of nitrogens with two attached hydrogens (primary N) is 1. The van der Waals surface area contributed by atoms with Crippen LogP contribution in [0.2, 0.25) is 0 Å². The van der Waals surface area contributed by atoms with E-state index in [9.17, 15) is 13.2 Å². The molecule has 0 heterocycles. The zero-order valence-corrected chi connectivity index (χ0v) is 22.0. The molecule has 0 unspecified atom stereocenters. The van der Waals surface area contributed by atoms with Crippen molar-refractivity contribution in [1.82, 2.24) is 0 Å². The van der Waals surface area contributed by atoms with Gasteiger partial charge in [0, 0.05) is 31.4 Å². The zero-order valence-electron chi connectivity index (χ0n) is 21.2. The van der Waals surface area contributed by atoms with E-state index in [0.717, 1.165) is 25.7 Å². The summed E-state index contributed by atoms with van der Waals surface area (Å²) in [5, 5.41) is 5.69. The van der Waals surface area contributed by atoms with Crippen LogP contribution in [0.15, 0.2) is 77.7 Å². The lowest BCUT2D eigenvalue weighted by Crippen LogP contribution is -2.29. The molecule has 8 heteroatoms. The summed E-state index contributed by atoms with van der Waals surface area (Å²) >= 11 is 0. The van der Waals surface area contributed by atoms with E-state index in [0.29, 0.717) is 30.2 Å². The number of hydrogen-bond donors (Lipinski definition) is 1. The van der Waals surface area contributed by atoms with Gasteiger partial charge in [0.2, 0.25) is 10.0 Å². The number of nitrogens with zero attached hydrogens (tertiary/aromatic N) is 2. The first kappa shape index (κ1) is 27.2. The van der Waals surface area contributed by atoms with E-state index in [4.69, 9.17) is 9.88 Å². The topological polar surface area (TPSA) is 92.9 Å². The number of para-hydroxylation sites is 2. The van der Waals surface area contributed by atoms with E-state index in [1.54, 1.807) is 25.2 Å². The average Bonchev–Trinajstić information content (AvgIpc) is 2.88. The third-order valence-corrected chi connectivity index (χ3v) is 6.82. The number of ether oxygens (including phenoxy) is 1. The molecule has 0 aliphatic carbocycles. The molecule has 0 fully saturated rings. The minimum Gasteiger partial charge on any atom is -0.454 e. The number of carbonyl (C=O) groups is 1. The van der Waals surface area contributed by atoms with Crippen LogP contribution in [-0.4, -0.2) is 34.5 Å². The number of hydrogen-bond acceptors (Lipinski definition) is 5. The molecule has 3 aromatic carbocycles. The van der Waals surface area contributed by atoms with Crippen LogP contribution in [0.4, 0.5) is 11.4 Å². The molecule has 0 spiro atoms. The van der Waals surface area contributed by atoms with Gasteiger partial charge in [-0.05, 0) is 49.2 Å². The number of rotatable bonds is 12. The van der Waals surface area contributed by atoms with Crippen molar-refractivity contribution in [3.05, 3.63) is 78.4 Å². The number of anilines is 2. The molecule has 2 N–H and O–H groups in total. The number of benzene rings is 3. The van der Waals surface area contributed by atoms with Crippen molar-refractivity contribution in [3.63, 3.8) is 0 Å². The summed E-state index contributed by atoms with van der Waals surface area (Å²) in [6.07, 6.45) is 3.74. The minimum absolute atomic E-state index is 0.134. The summed E-state index contributed by atoms with van der Waals surface area (Å²) in [7, 11) is -2.56. The van der Waals surface area contributed by atoms with E-state index < -0.39 is 10.0 Å². The van der Waals surface area contributed by atoms with E-state index in [1.165, 1.54) is 11.0 Å². The fourth-order valence-corrected chi connectivity index (χ4v) is 4.58. The van der Waals surface area contributed by atoms with Crippen LogP contribution in [0, 0.1) is 0 Å². The van der Waals surface area contributed by atoms with Crippen LogP contribution in [0.5, 0.6) is 11.5 Å². The summed E-state index contributed by atoms with van der Waals surface area (Å²) < 4.78 is 31.8. The zero-order chi connectivity index (χ0) is 26.1. The Bertz CT molecular complexity index is 1240. The molecule has 192 valence electrons. The smallest absolute Gasteiger partial charge is 0.258 e. The van der Waals surface area contributed by atoms with Crippen LogP contribution < -0.4 is 19.7 Å². The minimum atomic E-state index is -4.22. The standard InChI is InChI=1S/C28H35N3O4S/c1-4-6-18-31(19-7-5-2)25-20-22(28(32)30(3)23-14-10-8-11-15-23)21-26(36(29,33)34)27(25)35-24-16-12-9-13-17-24/h8-17,20-21H,4-7,18-19H2,1-3H3,(H2,29,33,34). The normalized spacial score (nSPS) is 11.2. The SMILES string of the molecule is CCCCN(CCCC)c1cc(C(=O)N(C)c2ccccc2)cc(S(N)(=O)=O)c1Oc1ccccc1. The quantitative estimate of drug-likeness (QED) is 0.333. The van der Waals surface area contributed by atoms with Gasteiger partial charge in [-0.15, -0.1) is 0 Å². The van der Waals surface area contributed by atoms with Crippen molar-refractivity contribution in [1.29, 1.82) is 0 Å². The highest BCUT2D eigenvalue weighted by Gasteiger charge is 2.27. The number of amides is 1. The Balaban J connectivity index is 2.21. The van der Waals surface area contributed by atoms with Gasteiger partial charge in [-0.1, -0.05) is 63.1 Å². The molecule has 0 saturated carbocycles. The summed E-state index contributed by atoms with van der Waals surface area (Å²) in [6, 6.07) is 21.2. The molecule has 0 radical (unpaired) electrons. The Morgan fingerprint density at radius 3 is 1.97 bits per heavy atom. The first-order chi connectivity index (χ1) is 17.3. The highest BCUT2D eigenvalue weighted by molar-refractivity contribution is 7.89. The number of carbonyl (C=O) groups excluding carboxylic acids is 1. The van der Waals surface area contributed by atoms with Gasteiger partial charge in [0.05, 0.1) is 5.69 Å². The first-order valence-electron chi connectivity index (χ1n) is 12.3. The summed E-state index contributed by atoms with van der Waals surface area (Å²) in [5.74, 6) is 0.273. The summed E-state index contributed by atoms with van der Waals surface area (Å²) in [6.45, 7) is 5.59. The van der Waals surface area contributed by atoms with E-state index in [2.05, 4.69) is 18.7 Å². The maximum Gasteiger partial charge on any atom is 0.258 e. The Morgan fingerprint density at radius 1 is 0.889 bits per heavy atom. The van der Waals surface area contributed by atoms with Gasteiger partial charge in [0.25, 0.3) is 5.91 Å². The van der Waals surface area contributed by atoms with Gasteiger partial charge in [0.1, 0.15) is 10.6 Å². The van der Waals surface area contributed by atoms with Gasteiger partial charge in [0.15, 0.2) is 5.75 Å². The van der Waals surface area contributed by atoms with Crippen molar-refractivity contribution >= 4 is 27.3 Å². The molecule has 0 bridgehead atoms. The maximum atomic E-state index is 13.5. The highest BCUT2D eigenvalue weighted by Crippen LogP contribution is 2.40. The van der Waals surface area contributed by atoms with Crippen LogP contribution >= 0.6 is 0 Å². The lowest BCUT2D eigenvalue weighted by molar-refractivity contribution is 0.0993. The molecular formula is C28H35N3O4S. The molecule has 0 aliphatic rings. The molecule has 0 atom stereocenters. The number of unbranched alkanes of at least 4 members (excludes halogenated alkanes) is 2. The highest BCUT2D eigenvalue weighted by atomic mass is 32.2. The van der Waals surface area contributed by atoms with Gasteiger partial charge < -0.3 is 14.5 Å². The Hall–Kier alpha value is -3.36. The second-order valence-electron chi connectivity index (χ2n) is 8.68. The molecule has 36 heavy (non-hydrogen) atoms. The van der Waals surface area contributed by atoms with Crippen LogP contribution in [0.25, 0.3) is 0 Å². The predicted octanol–water partition coefficient (Wildman–Crippen LogP) is 5.81. The Morgan fingerprint density at radius 2 is 1.44 bits per heavy atom. The Kier molecular flexibility index (Phi) is 9.50. The van der Waals surface area contributed by atoms with Gasteiger partial charge >= 0.3 is 0 Å². The van der Waals surface area contributed by atoms with E-state index in [1.807, 2.05) is 48.5 Å². The predicted molar refractivity (Wildman–Crippen MR) is 146 cm³/mol. The van der Waals surface area contributed by atoms with Crippen molar-refractivity contribution in [3.8, 4) is 11.5 Å². The molecular weight excluding hydrogens is 474 g/mol. The maximum absolute atomic E-state index is 13.5. The number of sulfonamides is 1. The van der Waals surface area contributed by atoms with Crippen LogP contribution in [0.3, 0.4) is 0 Å². The average molecular weight is 510 g/mol. The van der Waals surface area contributed by atoms with Crippen molar-refractivity contribution in [2.45, 2.75) is 44.4 Å². The fourth-order valence-electron chi connectivity index (χ4n) is 3.88. The van der Waals surface area contributed by atoms with Crippen molar-refractivity contribution in [2.24, 2.45) is 5.14 Å². The molecule has 3 aromatic rings. The van der Waals surface area contributed by atoms with Gasteiger partial charge in [-0.2, -0.15) is 0 Å². The van der Waals surface area contributed by atoms with E-state index >= 15 is 0 Å². The largest absolute Gasteiger partial charge is 0.454 e. The molecule has 3 rings (SSSR count). The van der Waals surface area contributed by atoms with Gasteiger partial charge in [-0.3, -0.25) is 4.79 Å². The van der Waals surface area contributed by atoms with Crippen molar-refractivity contribution in [2.75, 3.05) is 29.9 Å². The molecule has 7 nitrogen and oxygen atoms in total. The second kappa shape index (κ2) is 12.6. The third-order valence-electron chi connectivity index (χ3n) is 5.90. The lowest BCUT2D eigenvalue weighted by atomic mass is 10.1. The monoisotopic (exact) mass is 509 g/mol. The fraction of sp³-hybridized carbons (Fsp3) is 0.321. The molecule has 0 aromatic heterocycles. The molecule has 1 amide bonds. The third kappa shape index (κ3) is 6.86. The lowest BCUT2D eigenvalue weighted by Gasteiger charge is -2.29.